The van der Waals surface area contributed by atoms with Gasteiger partial charge in [-0.3, -0.25) is 5.41 Å². The van der Waals surface area contributed by atoms with Crippen LogP contribution in [0.1, 0.15) is 23.1 Å². The molecule has 4 N–H and O–H groups in total. The minimum absolute atomic E-state index is 0.0280. The summed E-state index contributed by atoms with van der Waals surface area (Å²) in [6, 6.07) is 17.0. The number of nitrogen functional groups attached to an aromatic ring is 1. The van der Waals surface area contributed by atoms with E-state index in [0.717, 1.165) is 46.3 Å². The molecule has 1 aliphatic rings. The highest BCUT2D eigenvalue weighted by molar-refractivity contribution is 5.97. The number of hydrogen-bond donors (Lipinski definition) is 3. The highest BCUT2D eigenvalue weighted by Gasteiger charge is 2.34. The van der Waals surface area contributed by atoms with Gasteiger partial charge in [0.1, 0.15) is 17.6 Å². The first kappa shape index (κ1) is 22.6. The normalized spacial score (nSPS) is 15.1. The van der Waals surface area contributed by atoms with E-state index in [-0.39, 0.29) is 5.84 Å². The number of carbonyl (C=O) groups is 1. The quantitative estimate of drug-likeness (QED) is 0.264. The molecule has 4 rings (SSSR count). The number of hydrogen-bond acceptors (Lipinski definition) is 5. The van der Waals surface area contributed by atoms with Gasteiger partial charge in [-0.05, 0) is 60.6 Å². The third-order valence-corrected chi connectivity index (χ3v) is 6.08. The van der Waals surface area contributed by atoms with Gasteiger partial charge in [-0.15, -0.1) is 0 Å². The SMILES string of the molecule is CN(C)CCCOc1ccc2c(CN3c4cc(C(=N)N)ccc4CC3C(=O)O)cccc2c1. The molecule has 3 aromatic rings. The summed E-state index contributed by atoms with van der Waals surface area (Å²) < 4.78 is 5.92. The van der Waals surface area contributed by atoms with Crippen molar-refractivity contribution in [1.29, 1.82) is 5.41 Å². The molecule has 0 spiro atoms. The second-order valence-corrected chi connectivity index (χ2v) is 8.75. The maximum Gasteiger partial charge on any atom is 0.326 e. The Morgan fingerprint density at radius 2 is 2.03 bits per heavy atom. The van der Waals surface area contributed by atoms with Crippen LogP contribution in [0.5, 0.6) is 5.75 Å². The molecule has 1 heterocycles. The van der Waals surface area contributed by atoms with E-state index in [2.05, 4.69) is 4.90 Å². The highest BCUT2D eigenvalue weighted by atomic mass is 16.5. The van der Waals surface area contributed by atoms with Gasteiger partial charge in [-0.2, -0.15) is 0 Å². The fourth-order valence-electron chi connectivity index (χ4n) is 4.38. The van der Waals surface area contributed by atoms with Crippen molar-refractivity contribution in [2.75, 3.05) is 32.1 Å². The molecule has 0 saturated heterocycles. The van der Waals surface area contributed by atoms with Crippen molar-refractivity contribution in [3.63, 3.8) is 0 Å². The zero-order valence-corrected chi connectivity index (χ0v) is 19.0. The largest absolute Gasteiger partial charge is 0.494 e. The van der Waals surface area contributed by atoms with Crippen LogP contribution in [0, 0.1) is 5.41 Å². The van der Waals surface area contributed by atoms with Gasteiger partial charge < -0.3 is 25.4 Å². The van der Waals surface area contributed by atoms with E-state index in [4.69, 9.17) is 15.9 Å². The summed E-state index contributed by atoms with van der Waals surface area (Å²) >= 11 is 0. The fraction of sp³-hybridized carbons (Fsp3) is 0.308. The van der Waals surface area contributed by atoms with E-state index in [0.29, 0.717) is 25.1 Å². The number of anilines is 1. The van der Waals surface area contributed by atoms with Crippen LogP contribution in [0.15, 0.2) is 54.6 Å². The molecule has 172 valence electrons. The number of nitrogens with zero attached hydrogens (tertiary/aromatic N) is 2. The van der Waals surface area contributed by atoms with Crippen LogP contribution in [-0.4, -0.2) is 55.1 Å². The van der Waals surface area contributed by atoms with Gasteiger partial charge in [0.2, 0.25) is 0 Å². The minimum Gasteiger partial charge on any atom is -0.494 e. The first-order valence-corrected chi connectivity index (χ1v) is 11.1. The van der Waals surface area contributed by atoms with Gasteiger partial charge in [0, 0.05) is 30.8 Å². The molecule has 0 amide bonds. The zero-order valence-electron chi connectivity index (χ0n) is 19.0. The number of aliphatic carboxylic acids is 1. The monoisotopic (exact) mass is 446 g/mol. The Bertz CT molecular complexity index is 1190. The van der Waals surface area contributed by atoms with Crippen LogP contribution in [0.25, 0.3) is 10.8 Å². The van der Waals surface area contributed by atoms with Gasteiger partial charge in [0.25, 0.3) is 0 Å². The van der Waals surface area contributed by atoms with E-state index < -0.39 is 12.0 Å². The molecular weight excluding hydrogens is 416 g/mol. The van der Waals surface area contributed by atoms with Gasteiger partial charge in [0.05, 0.1) is 6.61 Å². The standard InChI is InChI=1S/C26H30N4O3/c1-29(2)11-4-12-33-21-9-10-22-17(13-21)5-3-6-20(22)16-30-23-15-19(25(27)28)8-7-18(23)14-24(30)26(31)32/h3,5-10,13,15,24H,4,11-12,14,16H2,1-2H3,(H3,27,28)(H,31,32). The van der Waals surface area contributed by atoms with Crippen molar-refractivity contribution in [2.24, 2.45) is 5.73 Å². The molecule has 0 bridgehead atoms. The number of carboxylic acids is 1. The Morgan fingerprint density at radius 3 is 2.76 bits per heavy atom. The Hall–Kier alpha value is -3.58. The fourth-order valence-corrected chi connectivity index (χ4v) is 4.38. The lowest BCUT2D eigenvalue weighted by atomic mass is 10.0. The second-order valence-electron chi connectivity index (χ2n) is 8.75. The number of amidine groups is 1. The van der Waals surface area contributed by atoms with Crippen molar-refractivity contribution >= 4 is 28.3 Å². The smallest absolute Gasteiger partial charge is 0.326 e. The number of rotatable bonds is 9. The molecule has 0 aliphatic carbocycles. The number of benzene rings is 3. The molecule has 0 radical (unpaired) electrons. The van der Waals surface area contributed by atoms with Crippen molar-refractivity contribution in [2.45, 2.75) is 25.4 Å². The molecule has 1 aliphatic heterocycles. The molecule has 0 saturated carbocycles. The van der Waals surface area contributed by atoms with E-state index in [1.165, 1.54) is 0 Å². The molecule has 33 heavy (non-hydrogen) atoms. The van der Waals surface area contributed by atoms with Crippen LogP contribution in [0.2, 0.25) is 0 Å². The Kier molecular flexibility index (Phi) is 6.51. The first-order valence-electron chi connectivity index (χ1n) is 11.1. The Morgan fingerprint density at radius 1 is 1.21 bits per heavy atom. The number of ether oxygens (including phenoxy) is 1. The van der Waals surface area contributed by atoms with E-state index in [9.17, 15) is 9.90 Å². The summed E-state index contributed by atoms with van der Waals surface area (Å²) in [4.78, 5) is 16.1. The predicted molar refractivity (Wildman–Crippen MR) is 131 cm³/mol. The van der Waals surface area contributed by atoms with Gasteiger partial charge >= 0.3 is 5.97 Å². The number of nitrogens with one attached hydrogen (secondary N) is 1. The molecule has 3 aromatic carbocycles. The van der Waals surface area contributed by atoms with E-state index in [1.807, 2.05) is 67.5 Å². The lowest BCUT2D eigenvalue weighted by Crippen LogP contribution is -2.38. The first-order chi connectivity index (χ1) is 15.8. The minimum atomic E-state index is -0.857. The zero-order chi connectivity index (χ0) is 23.5. The lowest BCUT2D eigenvalue weighted by molar-refractivity contribution is -0.138. The van der Waals surface area contributed by atoms with Gasteiger partial charge in [-0.25, -0.2) is 4.79 Å². The van der Waals surface area contributed by atoms with E-state index >= 15 is 0 Å². The van der Waals surface area contributed by atoms with Crippen LogP contribution >= 0.6 is 0 Å². The second kappa shape index (κ2) is 9.50. The summed E-state index contributed by atoms with van der Waals surface area (Å²) in [5.41, 5.74) is 9.10. The molecular formula is C26H30N4O3. The van der Waals surface area contributed by atoms with Crippen LogP contribution in [0.3, 0.4) is 0 Å². The number of fused-ring (bicyclic) bond motifs is 2. The third-order valence-electron chi connectivity index (χ3n) is 6.08. The van der Waals surface area contributed by atoms with Crippen LogP contribution in [-0.2, 0) is 17.8 Å². The Balaban J connectivity index is 1.61. The molecule has 7 heteroatoms. The molecule has 7 nitrogen and oxygen atoms in total. The van der Waals surface area contributed by atoms with Crippen LogP contribution in [0.4, 0.5) is 5.69 Å². The maximum atomic E-state index is 12.0. The van der Waals surface area contributed by atoms with Gasteiger partial charge in [0.15, 0.2) is 0 Å². The van der Waals surface area contributed by atoms with E-state index in [1.54, 1.807) is 6.07 Å². The molecule has 1 atom stereocenters. The maximum absolute atomic E-state index is 12.0. The van der Waals surface area contributed by atoms with Crippen molar-refractivity contribution < 1.29 is 14.6 Å². The molecule has 1 unspecified atom stereocenters. The van der Waals surface area contributed by atoms with Crippen molar-refractivity contribution in [1.82, 2.24) is 4.90 Å². The summed E-state index contributed by atoms with van der Waals surface area (Å²) in [5.74, 6) is -0.0524. The molecule has 0 aromatic heterocycles. The topological polar surface area (TPSA) is 103 Å². The predicted octanol–water partition coefficient (Wildman–Crippen LogP) is 3.47. The lowest BCUT2D eigenvalue weighted by Gasteiger charge is -2.26. The third kappa shape index (κ3) is 4.93. The average molecular weight is 447 g/mol. The summed E-state index contributed by atoms with van der Waals surface area (Å²) in [6.45, 7) is 2.09. The molecule has 0 fully saturated rings. The Labute approximate surface area is 193 Å². The summed E-state index contributed by atoms with van der Waals surface area (Å²) in [7, 11) is 4.10. The van der Waals surface area contributed by atoms with Gasteiger partial charge in [-0.1, -0.05) is 36.4 Å². The summed E-state index contributed by atoms with van der Waals surface area (Å²) in [6.07, 6.45) is 1.39. The number of nitrogens with two attached hydrogens (primary N) is 1. The van der Waals surface area contributed by atoms with Crippen LogP contribution < -0.4 is 15.4 Å². The average Bonchev–Trinajstić information content (AvgIpc) is 3.14. The number of carboxylic acid groups (broad SMARTS) is 1. The summed E-state index contributed by atoms with van der Waals surface area (Å²) in [5, 5.41) is 19.8. The highest BCUT2D eigenvalue weighted by Crippen LogP contribution is 2.36. The van der Waals surface area contributed by atoms with Crippen molar-refractivity contribution in [3.8, 4) is 5.75 Å². The van der Waals surface area contributed by atoms with Crippen molar-refractivity contribution in [3.05, 3.63) is 71.3 Å².